The zero-order valence-electron chi connectivity index (χ0n) is 9.47. The Hall–Kier alpha value is -0.950. The first-order valence-corrected chi connectivity index (χ1v) is 7.72. The van der Waals surface area contributed by atoms with E-state index >= 15 is 0 Å². The number of aromatic nitrogens is 1. The molecule has 7 heteroatoms. The minimum absolute atomic E-state index is 0.0832. The van der Waals surface area contributed by atoms with Crippen molar-refractivity contribution in [3.8, 4) is 0 Å². The maximum Gasteiger partial charge on any atom is 0.253 e. The largest absolute Gasteiger partial charge is 0.349 e. The fourth-order valence-corrected chi connectivity index (χ4v) is 2.70. The van der Waals surface area contributed by atoms with E-state index in [0.29, 0.717) is 10.0 Å². The van der Waals surface area contributed by atoms with Crippen LogP contribution in [0.5, 0.6) is 0 Å². The van der Waals surface area contributed by atoms with Crippen LogP contribution in [-0.2, 0) is 9.84 Å². The molecule has 0 aliphatic rings. The van der Waals surface area contributed by atoms with Crippen molar-refractivity contribution < 1.29 is 13.2 Å². The van der Waals surface area contributed by atoms with E-state index in [4.69, 9.17) is 0 Å². The highest BCUT2D eigenvalue weighted by Crippen LogP contribution is 2.09. The average Bonchev–Trinajstić information content (AvgIpc) is 2.14. The number of halogens is 1. The lowest BCUT2D eigenvalue weighted by Gasteiger charge is -2.12. The summed E-state index contributed by atoms with van der Waals surface area (Å²) in [6, 6.07) is 1.19. The van der Waals surface area contributed by atoms with E-state index in [-0.39, 0.29) is 11.7 Å². The summed E-state index contributed by atoms with van der Waals surface area (Å²) in [6.07, 6.45) is 4.13. The third-order valence-electron chi connectivity index (χ3n) is 1.90. The van der Waals surface area contributed by atoms with Crippen LogP contribution in [0.15, 0.2) is 22.9 Å². The summed E-state index contributed by atoms with van der Waals surface area (Å²) < 4.78 is 22.8. The number of pyridine rings is 1. The number of rotatable bonds is 4. The van der Waals surface area contributed by atoms with Crippen molar-refractivity contribution in [2.24, 2.45) is 0 Å². The first-order valence-electron chi connectivity index (χ1n) is 4.87. The zero-order valence-corrected chi connectivity index (χ0v) is 11.9. The number of sulfone groups is 1. The van der Waals surface area contributed by atoms with E-state index < -0.39 is 15.9 Å². The molecule has 17 heavy (non-hydrogen) atoms. The number of carbonyl (C=O) groups is 1. The van der Waals surface area contributed by atoms with Crippen molar-refractivity contribution in [3.63, 3.8) is 0 Å². The highest BCUT2D eigenvalue weighted by Gasteiger charge is 2.14. The predicted octanol–water partition coefficient (Wildman–Crippen LogP) is 1.01. The Morgan fingerprint density at radius 3 is 2.71 bits per heavy atom. The van der Waals surface area contributed by atoms with Crippen molar-refractivity contribution in [2.45, 2.75) is 13.0 Å². The first kappa shape index (κ1) is 14.1. The predicted molar refractivity (Wildman–Crippen MR) is 68.6 cm³/mol. The van der Waals surface area contributed by atoms with Crippen molar-refractivity contribution in [3.05, 3.63) is 28.5 Å². The molecule has 1 rings (SSSR count). The molecular formula is C10H13BrN2O3S. The van der Waals surface area contributed by atoms with Crippen LogP contribution in [-0.4, -0.2) is 37.4 Å². The van der Waals surface area contributed by atoms with Crippen LogP contribution in [0.2, 0.25) is 0 Å². The van der Waals surface area contributed by atoms with E-state index in [1.54, 1.807) is 19.2 Å². The molecule has 94 valence electrons. The Morgan fingerprint density at radius 2 is 2.18 bits per heavy atom. The van der Waals surface area contributed by atoms with Gasteiger partial charge in [0, 0.05) is 29.2 Å². The third-order valence-corrected chi connectivity index (χ3v) is 3.44. The van der Waals surface area contributed by atoms with Gasteiger partial charge in [0.2, 0.25) is 0 Å². The summed E-state index contributed by atoms with van der Waals surface area (Å²) >= 11 is 3.21. The second-order valence-corrected chi connectivity index (χ2v) is 6.96. The number of hydrogen-bond donors (Lipinski definition) is 1. The zero-order chi connectivity index (χ0) is 13.1. The van der Waals surface area contributed by atoms with Gasteiger partial charge in [0.1, 0.15) is 9.84 Å². The fraction of sp³-hybridized carbons (Fsp3) is 0.400. The molecule has 0 aliphatic carbocycles. The highest BCUT2D eigenvalue weighted by molar-refractivity contribution is 9.10. The summed E-state index contributed by atoms with van der Waals surface area (Å²) in [6.45, 7) is 1.64. The van der Waals surface area contributed by atoms with Gasteiger partial charge in [-0.25, -0.2) is 8.42 Å². The van der Waals surface area contributed by atoms with Crippen LogP contribution in [0, 0.1) is 0 Å². The van der Waals surface area contributed by atoms with E-state index in [1.807, 2.05) is 0 Å². The summed E-state index contributed by atoms with van der Waals surface area (Å²) in [4.78, 5) is 15.6. The van der Waals surface area contributed by atoms with Gasteiger partial charge in [-0.05, 0) is 28.9 Å². The molecule has 1 atom stereocenters. The minimum atomic E-state index is -3.10. The van der Waals surface area contributed by atoms with Gasteiger partial charge in [-0.3, -0.25) is 9.78 Å². The van der Waals surface area contributed by atoms with Crippen LogP contribution < -0.4 is 5.32 Å². The molecule has 0 unspecified atom stereocenters. The van der Waals surface area contributed by atoms with Crippen LogP contribution in [0.3, 0.4) is 0 Å². The Kier molecular flexibility index (Phi) is 4.64. The summed E-state index contributed by atoms with van der Waals surface area (Å²) in [5.41, 5.74) is 0.389. The Morgan fingerprint density at radius 1 is 1.53 bits per heavy atom. The molecule has 1 N–H and O–H groups in total. The summed E-state index contributed by atoms with van der Waals surface area (Å²) in [7, 11) is -3.10. The molecule has 1 aromatic heterocycles. The number of nitrogens with one attached hydrogen (secondary N) is 1. The van der Waals surface area contributed by atoms with Crippen LogP contribution in [0.1, 0.15) is 17.3 Å². The van der Waals surface area contributed by atoms with Gasteiger partial charge in [-0.15, -0.1) is 0 Å². The van der Waals surface area contributed by atoms with Crippen molar-refractivity contribution in [1.29, 1.82) is 0 Å². The smallest absolute Gasteiger partial charge is 0.253 e. The molecule has 0 aromatic carbocycles. The monoisotopic (exact) mass is 320 g/mol. The van der Waals surface area contributed by atoms with Crippen LogP contribution in [0.25, 0.3) is 0 Å². The van der Waals surface area contributed by atoms with Gasteiger partial charge in [0.05, 0.1) is 11.3 Å². The molecule has 0 aliphatic heterocycles. The quantitative estimate of drug-likeness (QED) is 0.898. The second-order valence-electron chi connectivity index (χ2n) is 3.86. The fourth-order valence-electron chi connectivity index (χ4n) is 1.34. The van der Waals surface area contributed by atoms with E-state index in [0.717, 1.165) is 6.26 Å². The molecule has 0 bridgehead atoms. The van der Waals surface area contributed by atoms with Gasteiger partial charge in [0.15, 0.2) is 0 Å². The lowest BCUT2D eigenvalue weighted by Crippen LogP contribution is -2.37. The van der Waals surface area contributed by atoms with E-state index in [9.17, 15) is 13.2 Å². The minimum Gasteiger partial charge on any atom is -0.349 e. The Bertz CT molecular complexity index is 516. The molecule has 5 nitrogen and oxygen atoms in total. The summed E-state index contributed by atoms with van der Waals surface area (Å²) in [5.74, 6) is -0.421. The maximum absolute atomic E-state index is 11.7. The van der Waals surface area contributed by atoms with Crippen molar-refractivity contribution >= 4 is 31.7 Å². The number of carbonyl (C=O) groups excluding carboxylic acids is 1. The molecule has 0 saturated carbocycles. The molecule has 1 heterocycles. The van der Waals surface area contributed by atoms with Crippen molar-refractivity contribution in [1.82, 2.24) is 10.3 Å². The van der Waals surface area contributed by atoms with E-state index in [2.05, 4.69) is 26.2 Å². The second kappa shape index (κ2) is 5.59. The summed E-state index contributed by atoms with van der Waals surface area (Å²) in [5, 5.41) is 2.60. The molecule has 0 spiro atoms. The first-order chi connectivity index (χ1) is 7.78. The molecule has 0 saturated heterocycles. The average molecular weight is 321 g/mol. The highest BCUT2D eigenvalue weighted by atomic mass is 79.9. The normalized spacial score (nSPS) is 13.1. The molecule has 1 aromatic rings. The van der Waals surface area contributed by atoms with Gasteiger partial charge < -0.3 is 5.32 Å². The van der Waals surface area contributed by atoms with Crippen LogP contribution in [0.4, 0.5) is 0 Å². The molecule has 1 amide bonds. The van der Waals surface area contributed by atoms with Gasteiger partial charge >= 0.3 is 0 Å². The lowest BCUT2D eigenvalue weighted by molar-refractivity contribution is 0.0943. The van der Waals surface area contributed by atoms with Crippen LogP contribution >= 0.6 is 15.9 Å². The number of hydrogen-bond acceptors (Lipinski definition) is 4. The van der Waals surface area contributed by atoms with Gasteiger partial charge in [0.25, 0.3) is 5.91 Å². The molecule has 0 radical (unpaired) electrons. The van der Waals surface area contributed by atoms with E-state index in [1.165, 1.54) is 6.20 Å². The van der Waals surface area contributed by atoms with Gasteiger partial charge in [-0.1, -0.05) is 0 Å². The SMILES string of the molecule is C[C@H](CS(C)(=O)=O)NC(=O)c1cncc(Br)c1. The van der Waals surface area contributed by atoms with Crippen molar-refractivity contribution in [2.75, 3.05) is 12.0 Å². The Labute approximate surface area is 109 Å². The standard InChI is InChI=1S/C10H13BrN2O3S/c1-7(6-17(2,15)16)13-10(14)8-3-9(11)5-12-4-8/h3-5,7H,6H2,1-2H3,(H,13,14)/t7-/m1/s1. The molecular weight excluding hydrogens is 308 g/mol. The lowest BCUT2D eigenvalue weighted by atomic mass is 10.2. The Balaban J connectivity index is 2.67. The third kappa shape index (κ3) is 5.27. The maximum atomic E-state index is 11.7. The topological polar surface area (TPSA) is 76.1 Å². The van der Waals surface area contributed by atoms with Gasteiger partial charge in [-0.2, -0.15) is 0 Å². The number of amides is 1. The number of nitrogens with zero attached hydrogens (tertiary/aromatic N) is 1. The molecule has 0 fully saturated rings.